The van der Waals surface area contributed by atoms with Crippen molar-refractivity contribution < 1.29 is 0 Å². The van der Waals surface area contributed by atoms with Crippen molar-refractivity contribution in [2.45, 2.75) is 11.7 Å². The van der Waals surface area contributed by atoms with Crippen LogP contribution in [0.2, 0.25) is 0 Å². The fourth-order valence-corrected chi connectivity index (χ4v) is 2.04. The Labute approximate surface area is 117 Å². The Kier molecular flexibility index (Phi) is 4.26. The third kappa shape index (κ3) is 3.17. The fourth-order valence-electron chi connectivity index (χ4n) is 1.67. The van der Waals surface area contributed by atoms with Crippen LogP contribution in [0.1, 0.15) is 5.82 Å². The summed E-state index contributed by atoms with van der Waals surface area (Å²) in [7, 11) is 5.85. The molecule has 0 bridgehead atoms. The Morgan fingerprint density at radius 2 is 2.21 bits per heavy atom. The van der Waals surface area contributed by atoms with Crippen LogP contribution in [-0.4, -0.2) is 39.9 Å². The SMILES string of the molecule is CNc1cc(N(C)Cc2nccn2C)nc(SC)n1. The van der Waals surface area contributed by atoms with Gasteiger partial charge in [-0.2, -0.15) is 0 Å². The van der Waals surface area contributed by atoms with Crippen molar-refractivity contribution in [2.75, 3.05) is 30.6 Å². The zero-order chi connectivity index (χ0) is 13.8. The van der Waals surface area contributed by atoms with Crippen LogP contribution in [0.5, 0.6) is 0 Å². The van der Waals surface area contributed by atoms with Gasteiger partial charge in [-0.3, -0.25) is 0 Å². The summed E-state index contributed by atoms with van der Waals surface area (Å²) in [6.07, 6.45) is 5.71. The van der Waals surface area contributed by atoms with E-state index < -0.39 is 0 Å². The number of nitrogens with zero attached hydrogens (tertiary/aromatic N) is 5. The Balaban J connectivity index is 2.23. The van der Waals surface area contributed by atoms with E-state index in [2.05, 4.69) is 25.2 Å². The summed E-state index contributed by atoms with van der Waals surface area (Å²) in [5.74, 6) is 2.70. The van der Waals surface area contributed by atoms with Crippen molar-refractivity contribution in [1.29, 1.82) is 0 Å². The second-order valence-electron chi connectivity index (χ2n) is 4.16. The lowest BCUT2D eigenvalue weighted by molar-refractivity contribution is 0.749. The van der Waals surface area contributed by atoms with Gasteiger partial charge in [-0.05, 0) is 6.26 Å². The Morgan fingerprint density at radius 1 is 1.42 bits per heavy atom. The molecule has 7 heteroatoms. The molecule has 0 saturated heterocycles. The average molecular weight is 278 g/mol. The summed E-state index contributed by atoms with van der Waals surface area (Å²) >= 11 is 1.53. The molecule has 0 fully saturated rings. The first-order valence-corrected chi connectivity index (χ1v) is 7.14. The topological polar surface area (TPSA) is 58.9 Å². The highest BCUT2D eigenvalue weighted by Crippen LogP contribution is 2.20. The molecule has 0 aromatic carbocycles. The molecular weight excluding hydrogens is 260 g/mol. The van der Waals surface area contributed by atoms with E-state index in [-0.39, 0.29) is 0 Å². The molecule has 0 radical (unpaired) electrons. The minimum atomic E-state index is 0.706. The summed E-state index contributed by atoms with van der Waals surface area (Å²) in [5.41, 5.74) is 0. The largest absolute Gasteiger partial charge is 0.373 e. The quantitative estimate of drug-likeness (QED) is 0.662. The number of hydrogen-bond acceptors (Lipinski definition) is 6. The van der Waals surface area contributed by atoms with E-state index in [1.807, 2.05) is 44.2 Å². The third-order valence-corrected chi connectivity index (χ3v) is 3.37. The molecule has 19 heavy (non-hydrogen) atoms. The van der Waals surface area contributed by atoms with Gasteiger partial charge < -0.3 is 14.8 Å². The van der Waals surface area contributed by atoms with Crippen LogP contribution in [0.4, 0.5) is 11.6 Å². The molecule has 0 saturated carbocycles. The fraction of sp³-hybridized carbons (Fsp3) is 0.417. The highest BCUT2D eigenvalue weighted by Gasteiger charge is 2.10. The maximum absolute atomic E-state index is 4.51. The molecule has 0 aliphatic heterocycles. The molecule has 2 rings (SSSR count). The second-order valence-corrected chi connectivity index (χ2v) is 4.93. The lowest BCUT2D eigenvalue weighted by Crippen LogP contribution is -2.20. The number of aryl methyl sites for hydroxylation is 1. The molecule has 0 amide bonds. The van der Waals surface area contributed by atoms with Crippen molar-refractivity contribution >= 4 is 23.4 Å². The Bertz CT molecular complexity index is 531. The molecule has 1 N–H and O–H groups in total. The molecule has 2 aromatic heterocycles. The summed E-state index contributed by atoms with van der Waals surface area (Å²) in [6, 6.07) is 1.93. The zero-order valence-electron chi connectivity index (χ0n) is 11.6. The summed E-state index contributed by atoms with van der Waals surface area (Å²) in [4.78, 5) is 15.3. The molecule has 2 heterocycles. The van der Waals surface area contributed by atoms with Gasteiger partial charge in [-0.25, -0.2) is 15.0 Å². The van der Waals surface area contributed by atoms with Crippen LogP contribution in [0.3, 0.4) is 0 Å². The average Bonchev–Trinajstić information content (AvgIpc) is 2.83. The molecule has 0 atom stereocenters. The van der Waals surface area contributed by atoms with Gasteiger partial charge >= 0.3 is 0 Å². The van der Waals surface area contributed by atoms with Crippen molar-refractivity contribution in [2.24, 2.45) is 7.05 Å². The van der Waals surface area contributed by atoms with Crippen LogP contribution < -0.4 is 10.2 Å². The highest BCUT2D eigenvalue weighted by atomic mass is 32.2. The predicted octanol–water partition coefficient (Wildman–Crippen LogP) is 1.61. The third-order valence-electron chi connectivity index (χ3n) is 2.82. The molecule has 2 aromatic rings. The van der Waals surface area contributed by atoms with Crippen molar-refractivity contribution in [3.63, 3.8) is 0 Å². The summed E-state index contributed by atoms with van der Waals surface area (Å²) < 4.78 is 2.01. The molecule has 0 unspecified atom stereocenters. The first-order chi connectivity index (χ1) is 9.13. The maximum atomic E-state index is 4.51. The molecule has 0 aliphatic rings. The van der Waals surface area contributed by atoms with E-state index in [1.165, 1.54) is 11.8 Å². The maximum Gasteiger partial charge on any atom is 0.191 e. The number of thioether (sulfide) groups is 1. The van der Waals surface area contributed by atoms with Crippen LogP contribution in [-0.2, 0) is 13.6 Å². The number of anilines is 2. The van der Waals surface area contributed by atoms with Gasteiger partial charge in [-0.15, -0.1) is 0 Å². The molecule has 0 spiro atoms. The molecule has 102 valence electrons. The van der Waals surface area contributed by atoms with Crippen LogP contribution in [0.25, 0.3) is 0 Å². The van der Waals surface area contributed by atoms with Crippen LogP contribution in [0, 0.1) is 0 Å². The first kappa shape index (κ1) is 13.7. The van der Waals surface area contributed by atoms with E-state index in [9.17, 15) is 0 Å². The van der Waals surface area contributed by atoms with E-state index in [4.69, 9.17) is 0 Å². The van der Waals surface area contributed by atoms with Crippen molar-refractivity contribution in [3.05, 3.63) is 24.3 Å². The minimum Gasteiger partial charge on any atom is -0.373 e. The van der Waals surface area contributed by atoms with Gasteiger partial charge in [0.15, 0.2) is 5.16 Å². The van der Waals surface area contributed by atoms with Crippen LogP contribution >= 0.6 is 11.8 Å². The first-order valence-electron chi connectivity index (χ1n) is 5.92. The van der Waals surface area contributed by atoms with Crippen molar-refractivity contribution in [3.8, 4) is 0 Å². The zero-order valence-corrected chi connectivity index (χ0v) is 12.4. The lowest BCUT2D eigenvalue weighted by Gasteiger charge is -2.19. The smallest absolute Gasteiger partial charge is 0.191 e. The standard InChI is InChI=1S/C12H18N6S/c1-13-9-7-10(16-12(15-9)19-4)18(3)8-11-14-5-6-17(11)2/h5-7H,8H2,1-4H3,(H,13,15,16). The summed E-state index contributed by atoms with van der Waals surface area (Å²) in [5, 5.41) is 3.81. The second kappa shape index (κ2) is 5.92. The van der Waals surface area contributed by atoms with Gasteiger partial charge in [0.05, 0.1) is 6.54 Å². The van der Waals surface area contributed by atoms with Gasteiger partial charge in [0.1, 0.15) is 17.5 Å². The molecule has 0 aliphatic carbocycles. The van der Waals surface area contributed by atoms with E-state index >= 15 is 0 Å². The van der Waals surface area contributed by atoms with E-state index in [0.29, 0.717) is 6.54 Å². The van der Waals surface area contributed by atoms with Gasteiger partial charge in [0.2, 0.25) is 0 Å². The number of hydrogen-bond donors (Lipinski definition) is 1. The number of rotatable bonds is 5. The monoisotopic (exact) mass is 278 g/mol. The van der Waals surface area contributed by atoms with E-state index in [1.54, 1.807) is 6.20 Å². The Morgan fingerprint density at radius 3 is 2.79 bits per heavy atom. The number of nitrogens with one attached hydrogen (secondary N) is 1. The Hall–Kier alpha value is -1.76. The summed E-state index contributed by atoms with van der Waals surface area (Å²) in [6.45, 7) is 0.706. The molecule has 6 nitrogen and oxygen atoms in total. The number of aromatic nitrogens is 4. The van der Waals surface area contributed by atoms with E-state index in [0.717, 1.165) is 22.6 Å². The lowest BCUT2D eigenvalue weighted by atomic mass is 10.4. The predicted molar refractivity (Wildman–Crippen MR) is 78.7 cm³/mol. The van der Waals surface area contributed by atoms with Gasteiger partial charge in [0, 0.05) is 39.6 Å². The highest BCUT2D eigenvalue weighted by molar-refractivity contribution is 7.98. The normalized spacial score (nSPS) is 10.5. The van der Waals surface area contributed by atoms with Gasteiger partial charge in [0.25, 0.3) is 0 Å². The van der Waals surface area contributed by atoms with Crippen LogP contribution in [0.15, 0.2) is 23.6 Å². The molecular formula is C12H18N6S. The number of imidazole rings is 1. The minimum absolute atomic E-state index is 0.706. The van der Waals surface area contributed by atoms with Gasteiger partial charge in [-0.1, -0.05) is 11.8 Å². The van der Waals surface area contributed by atoms with Crippen molar-refractivity contribution in [1.82, 2.24) is 19.5 Å².